The molecule has 6 heteroatoms. The highest BCUT2D eigenvalue weighted by Crippen LogP contribution is 2.14. The minimum Gasteiger partial charge on any atom is -0.461 e. The van der Waals surface area contributed by atoms with E-state index in [0.717, 1.165) is 25.1 Å². The Bertz CT molecular complexity index is 419. The second-order valence-electron chi connectivity index (χ2n) is 3.99. The van der Waals surface area contributed by atoms with E-state index in [0.29, 0.717) is 18.3 Å². The number of nitrogens with zero attached hydrogens (tertiary/aromatic N) is 2. The zero-order chi connectivity index (χ0) is 12.3. The highest BCUT2D eigenvalue weighted by Gasteiger charge is 2.17. The lowest BCUT2D eigenvalue weighted by atomic mass is 10.2. The van der Waals surface area contributed by atoms with Crippen molar-refractivity contribution in [1.82, 2.24) is 9.97 Å². The van der Waals surface area contributed by atoms with Crippen LogP contribution in [0.5, 0.6) is 6.01 Å². The number of aryl methyl sites for hydroxylation is 1. The number of ether oxygens (including phenoxy) is 2. The third kappa shape index (κ3) is 3.34. The highest BCUT2D eigenvalue weighted by molar-refractivity contribution is 7.80. The van der Waals surface area contributed by atoms with E-state index >= 15 is 0 Å². The molecule has 1 aliphatic heterocycles. The number of rotatable bonds is 4. The molecular weight excluding hydrogens is 238 g/mol. The molecule has 0 aliphatic carbocycles. The minimum atomic E-state index is 0.146. The molecule has 0 saturated carbocycles. The molecule has 0 bridgehead atoms. The topological polar surface area (TPSA) is 70.3 Å². The lowest BCUT2D eigenvalue weighted by Gasteiger charge is -2.10. The van der Waals surface area contributed by atoms with Crippen LogP contribution in [-0.2, 0) is 4.74 Å². The lowest BCUT2D eigenvalue weighted by molar-refractivity contribution is 0.0644. The molecule has 1 aliphatic rings. The fraction of sp³-hybridized carbons (Fsp3) is 0.545. The maximum Gasteiger partial charge on any atom is 0.317 e. The second-order valence-corrected chi connectivity index (χ2v) is 4.43. The number of hydrogen-bond donors (Lipinski definition) is 1. The van der Waals surface area contributed by atoms with Crippen LogP contribution in [0, 0.1) is 6.92 Å². The Labute approximate surface area is 105 Å². The molecule has 0 spiro atoms. The van der Waals surface area contributed by atoms with Gasteiger partial charge in [0.25, 0.3) is 0 Å². The van der Waals surface area contributed by atoms with Gasteiger partial charge in [-0.15, -0.1) is 0 Å². The van der Waals surface area contributed by atoms with Crippen molar-refractivity contribution in [1.29, 1.82) is 0 Å². The molecule has 1 aromatic rings. The third-order valence-electron chi connectivity index (χ3n) is 2.51. The molecule has 2 heterocycles. The molecule has 5 nitrogen and oxygen atoms in total. The smallest absolute Gasteiger partial charge is 0.317 e. The van der Waals surface area contributed by atoms with E-state index in [-0.39, 0.29) is 11.1 Å². The molecule has 0 radical (unpaired) electrons. The van der Waals surface area contributed by atoms with Crippen LogP contribution in [0.25, 0.3) is 0 Å². The van der Waals surface area contributed by atoms with Gasteiger partial charge in [0, 0.05) is 12.3 Å². The van der Waals surface area contributed by atoms with Gasteiger partial charge in [0.15, 0.2) is 0 Å². The first-order chi connectivity index (χ1) is 8.15. The summed E-state index contributed by atoms with van der Waals surface area (Å²) in [6.07, 6.45) is 2.25. The van der Waals surface area contributed by atoms with Crippen molar-refractivity contribution in [2.75, 3.05) is 13.2 Å². The normalized spacial score (nSPS) is 19.2. The van der Waals surface area contributed by atoms with E-state index in [2.05, 4.69) is 9.97 Å². The predicted molar refractivity (Wildman–Crippen MR) is 67.1 cm³/mol. The Morgan fingerprint density at radius 2 is 2.47 bits per heavy atom. The summed E-state index contributed by atoms with van der Waals surface area (Å²) < 4.78 is 11.0. The molecule has 1 saturated heterocycles. The quantitative estimate of drug-likeness (QED) is 0.806. The van der Waals surface area contributed by atoms with Gasteiger partial charge in [-0.1, -0.05) is 12.2 Å². The summed E-state index contributed by atoms with van der Waals surface area (Å²) in [6.45, 7) is 3.13. The Morgan fingerprint density at radius 3 is 3.12 bits per heavy atom. The van der Waals surface area contributed by atoms with Gasteiger partial charge in [-0.3, -0.25) is 0 Å². The number of nitrogens with two attached hydrogens (primary N) is 1. The van der Waals surface area contributed by atoms with Crippen molar-refractivity contribution in [3.05, 3.63) is 17.5 Å². The first-order valence-electron chi connectivity index (χ1n) is 5.55. The van der Waals surface area contributed by atoms with E-state index in [9.17, 15) is 0 Å². The molecule has 2 rings (SSSR count). The summed E-state index contributed by atoms with van der Waals surface area (Å²) in [4.78, 5) is 8.56. The maximum atomic E-state index is 5.53. The van der Waals surface area contributed by atoms with Crippen molar-refractivity contribution < 1.29 is 9.47 Å². The highest BCUT2D eigenvalue weighted by atomic mass is 32.1. The molecular formula is C11H15N3O2S. The molecule has 1 unspecified atom stereocenters. The van der Waals surface area contributed by atoms with Crippen LogP contribution in [0.2, 0.25) is 0 Å². The largest absolute Gasteiger partial charge is 0.461 e. The molecule has 2 N–H and O–H groups in total. The van der Waals surface area contributed by atoms with E-state index < -0.39 is 0 Å². The first kappa shape index (κ1) is 12.2. The van der Waals surface area contributed by atoms with E-state index in [4.69, 9.17) is 27.4 Å². The Balaban J connectivity index is 2.01. The van der Waals surface area contributed by atoms with E-state index in [1.165, 1.54) is 0 Å². The fourth-order valence-corrected chi connectivity index (χ4v) is 1.78. The third-order valence-corrected chi connectivity index (χ3v) is 2.72. The lowest BCUT2D eigenvalue weighted by Crippen LogP contribution is -2.19. The van der Waals surface area contributed by atoms with Crippen molar-refractivity contribution >= 4 is 17.2 Å². The maximum absolute atomic E-state index is 5.53. The van der Waals surface area contributed by atoms with Gasteiger partial charge in [0.1, 0.15) is 17.3 Å². The van der Waals surface area contributed by atoms with Crippen LogP contribution in [-0.4, -0.2) is 34.3 Å². The predicted octanol–water partition coefficient (Wildman–Crippen LogP) is 0.977. The first-order valence-corrected chi connectivity index (χ1v) is 5.96. The Kier molecular flexibility index (Phi) is 3.86. The van der Waals surface area contributed by atoms with Gasteiger partial charge in [-0.25, -0.2) is 4.98 Å². The molecule has 1 fully saturated rings. The summed E-state index contributed by atoms with van der Waals surface area (Å²) in [6, 6.07) is 2.05. The number of aromatic nitrogens is 2. The Hall–Kier alpha value is -1.27. The number of hydrogen-bond acceptors (Lipinski definition) is 5. The zero-order valence-electron chi connectivity index (χ0n) is 9.68. The fourth-order valence-electron chi connectivity index (χ4n) is 1.68. The number of thiocarbonyl (C=S) groups is 1. The van der Waals surface area contributed by atoms with Gasteiger partial charge in [0.05, 0.1) is 6.10 Å². The molecule has 1 atom stereocenters. The molecule has 92 valence electrons. The van der Waals surface area contributed by atoms with E-state index in [1.54, 1.807) is 6.07 Å². The van der Waals surface area contributed by atoms with Crippen LogP contribution in [0.4, 0.5) is 0 Å². The monoisotopic (exact) mass is 253 g/mol. The van der Waals surface area contributed by atoms with Crippen LogP contribution in [0.3, 0.4) is 0 Å². The summed E-state index contributed by atoms with van der Waals surface area (Å²) in [5, 5.41) is 0. The minimum absolute atomic E-state index is 0.146. The van der Waals surface area contributed by atoms with Gasteiger partial charge < -0.3 is 15.2 Å². The van der Waals surface area contributed by atoms with Crippen LogP contribution in [0.1, 0.15) is 24.2 Å². The Morgan fingerprint density at radius 1 is 1.65 bits per heavy atom. The van der Waals surface area contributed by atoms with Gasteiger partial charge in [0.2, 0.25) is 0 Å². The van der Waals surface area contributed by atoms with Gasteiger partial charge >= 0.3 is 6.01 Å². The summed E-state index contributed by atoms with van der Waals surface area (Å²) >= 11 is 4.88. The average Bonchev–Trinajstić information content (AvgIpc) is 2.78. The average molecular weight is 253 g/mol. The standard InChI is InChI=1S/C11H15N3O2S/c1-7-5-9(10(12)17)14-11(13-7)16-6-8-3-2-4-15-8/h5,8H,2-4,6H2,1H3,(H2,12,17). The van der Waals surface area contributed by atoms with Crippen LogP contribution < -0.4 is 10.5 Å². The van der Waals surface area contributed by atoms with Crippen molar-refractivity contribution in [2.45, 2.75) is 25.9 Å². The second kappa shape index (κ2) is 5.37. The van der Waals surface area contributed by atoms with Gasteiger partial charge in [-0.2, -0.15) is 4.98 Å². The van der Waals surface area contributed by atoms with E-state index in [1.807, 2.05) is 6.92 Å². The molecule has 0 aromatic carbocycles. The molecule has 17 heavy (non-hydrogen) atoms. The zero-order valence-corrected chi connectivity index (χ0v) is 10.5. The van der Waals surface area contributed by atoms with Gasteiger partial charge in [-0.05, 0) is 25.8 Å². The summed E-state index contributed by atoms with van der Waals surface area (Å²) in [5.74, 6) is 0. The molecule has 1 aromatic heterocycles. The van der Waals surface area contributed by atoms with Crippen LogP contribution in [0.15, 0.2) is 6.07 Å². The van der Waals surface area contributed by atoms with Crippen molar-refractivity contribution in [3.63, 3.8) is 0 Å². The SMILES string of the molecule is Cc1cc(C(N)=S)nc(OCC2CCCO2)n1. The van der Waals surface area contributed by atoms with Crippen molar-refractivity contribution in [3.8, 4) is 6.01 Å². The molecule has 0 amide bonds. The summed E-state index contributed by atoms with van der Waals surface area (Å²) in [7, 11) is 0. The van der Waals surface area contributed by atoms with Crippen LogP contribution >= 0.6 is 12.2 Å². The summed E-state index contributed by atoms with van der Waals surface area (Å²) in [5.41, 5.74) is 6.85. The van der Waals surface area contributed by atoms with Crippen molar-refractivity contribution in [2.24, 2.45) is 5.73 Å².